The SMILES string of the molecule is C[C@@H]1C[C@H](Nc2c(NC(O)C(F)(F)C(=O)O)cnc3ccc(C#N)cc23)CCO1. The van der Waals surface area contributed by atoms with Gasteiger partial charge >= 0.3 is 11.9 Å². The molecule has 1 aliphatic heterocycles. The van der Waals surface area contributed by atoms with Crippen molar-refractivity contribution in [2.24, 2.45) is 0 Å². The van der Waals surface area contributed by atoms with Gasteiger partial charge in [-0.3, -0.25) is 4.98 Å². The fraction of sp³-hybridized carbons (Fsp3) is 0.421. The number of carbonyl (C=O) groups is 1. The van der Waals surface area contributed by atoms with Gasteiger partial charge in [0.05, 0.1) is 40.8 Å². The van der Waals surface area contributed by atoms with E-state index in [1.807, 2.05) is 13.0 Å². The van der Waals surface area contributed by atoms with Crippen molar-refractivity contribution in [3.63, 3.8) is 0 Å². The van der Waals surface area contributed by atoms with Crippen LogP contribution in [0.25, 0.3) is 10.9 Å². The molecule has 29 heavy (non-hydrogen) atoms. The van der Waals surface area contributed by atoms with Crippen LogP contribution in [0.1, 0.15) is 25.3 Å². The molecule has 1 saturated heterocycles. The smallest absolute Gasteiger partial charge is 0.385 e. The van der Waals surface area contributed by atoms with Gasteiger partial charge in [0.15, 0.2) is 0 Å². The lowest BCUT2D eigenvalue weighted by atomic mass is 10.0. The fourth-order valence-corrected chi connectivity index (χ4v) is 3.22. The Labute approximate surface area is 165 Å². The predicted octanol–water partition coefficient (Wildman–Crippen LogP) is 2.54. The Morgan fingerprint density at radius 3 is 2.90 bits per heavy atom. The molecule has 2 aromatic rings. The van der Waals surface area contributed by atoms with Crippen molar-refractivity contribution in [1.82, 2.24) is 4.98 Å². The second-order valence-electron chi connectivity index (χ2n) is 6.91. The van der Waals surface area contributed by atoms with Crippen molar-refractivity contribution in [2.45, 2.75) is 44.1 Å². The number of hydrogen-bond donors (Lipinski definition) is 4. The molecule has 3 atom stereocenters. The zero-order chi connectivity index (χ0) is 21.2. The summed E-state index contributed by atoms with van der Waals surface area (Å²) in [5.74, 6) is -6.86. The number of hydrogen-bond acceptors (Lipinski definition) is 7. The van der Waals surface area contributed by atoms with E-state index >= 15 is 0 Å². The molecule has 1 aromatic heterocycles. The number of nitriles is 1. The summed E-state index contributed by atoms with van der Waals surface area (Å²) in [4.78, 5) is 14.9. The fourth-order valence-electron chi connectivity index (χ4n) is 3.22. The topological polar surface area (TPSA) is 128 Å². The highest BCUT2D eigenvalue weighted by Crippen LogP contribution is 2.34. The Balaban J connectivity index is 2.03. The monoisotopic (exact) mass is 406 g/mol. The number of ether oxygens (including phenoxy) is 1. The van der Waals surface area contributed by atoms with Gasteiger partial charge in [-0.2, -0.15) is 14.0 Å². The highest BCUT2D eigenvalue weighted by atomic mass is 19.3. The van der Waals surface area contributed by atoms with Crippen LogP contribution < -0.4 is 10.6 Å². The number of halogens is 2. The zero-order valence-electron chi connectivity index (χ0n) is 15.5. The number of anilines is 2. The van der Waals surface area contributed by atoms with Crippen LogP contribution in [0.3, 0.4) is 0 Å². The van der Waals surface area contributed by atoms with Crippen molar-refractivity contribution in [3.8, 4) is 6.07 Å². The number of aliphatic hydroxyl groups excluding tert-OH is 1. The van der Waals surface area contributed by atoms with Gasteiger partial charge < -0.3 is 25.6 Å². The second-order valence-corrected chi connectivity index (χ2v) is 6.91. The molecule has 1 fully saturated rings. The minimum atomic E-state index is -4.41. The Morgan fingerprint density at radius 2 is 2.24 bits per heavy atom. The summed E-state index contributed by atoms with van der Waals surface area (Å²) in [6.07, 6.45) is -0.107. The first kappa shape index (κ1) is 20.7. The van der Waals surface area contributed by atoms with Crippen molar-refractivity contribution >= 4 is 28.2 Å². The van der Waals surface area contributed by atoms with Gasteiger partial charge in [0.1, 0.15) is 0 Å². The summed E-state index contributed by atoms with van der Waals surface area (Å²) in [6, 6.07) is 6.72. The zero-order valence-corrected chi connectivity index (χ0v) is 15.5. The number of nitrogens with one attached hydrogen (secondary N) is 2. The third-order valence-electron chi connectivity index (χ3n) is 4.75. The molecule has 0 amide bonds. The summed E-state index contributed by atoms with van der Waals surface area (Å²) in [7, 11) is 0. The number of aliphatic carboxylic acids is 1. The summed E-state index contributed by atoms with van der Waals surface area (Å²) < 4.78 is 32.9. The molecule has 1 aromatic carbocycles. The number of nitrogens with zero attached hydrogens (tertiary/aromatic N) is 2. The number of pyridine rings is 1. The number of carboxylic acid groups (broad SMARTS) is 1. The van der Waals surface area contributed by atoms with Crippen LogP contribution in [0.2, 0.25) is 0 Å². The third-order valence-corrected chi connectivity index (χ3v) is 4.75. The van der Waals surface area contributed by atoms with E-state index in [1.165, 1.54) is 6.20 Å². The molecule has 1 aliphatic rings. The Bertz CT molecular complexity index is 963. The molecule has 154 valence electrons. The molecule has 0 saturated carbocycles. The maximum Gasteiger partial charge on any atom is 0.385 e. The molecule has 0 bridgehead atoms. The summed E-state index contributed by atoms with van der Waals surface area (Å²) in [5, 5.41) is 33.5. The average molecular weight is 406 g/mol. The molecule has 4 N–H and O–H groups in total. The van der Waals surface area contributed by atoms with Gasteiger partial charge in [-0.1, -0.05) is 0 Å². The molecule has 2 heterocycles. The number of aromatic nitrogens is 1. The van der Waals surface area contributed by atoms with Crippen LogP contribution >= 0.6 is 0 Å². The first-order chi connectivity index (χ1) is 13.7. The standard InChI is InChI=1S/C19H20F2N4O4/c1-10-6-12(4-5-29-10)24-16-13-7-11(8-22)2-3-14(13)23-9-15(16)25-17(26)19(20,21)18(27)28/h2-3,7,9-10,12,17,25-26H,4-6H2,1H3,(H,23,24)(H,27,28)/t10-,12-,17?/m1/s1. The van der Waals surface area contributed by atoms with E-state index in [9.17, 15) is 23.9 Å². The molecule has 0 spiro atoms. The summed E-state index contributed by atoms with van der Waals surface area (Å²) >= 11 is 0. The summed E-state index contributed by atoms with van der Waals surface area (Å²) in [5.41, 5.74) is 1.21. The lowest BCUT2D eigenvalue weighted by molar-refractivity contribution is -0.178. The maximum absolute atomic E-state index is 13.7. The lowest BCUT2D eigenvalue weighted by Gasteiger charge is -2.30. The van der Waals surface area contributed by atoms with E-state index < -0.39 is 18.1 Å². The quantitative estimate of drug-likeness (QED) is 0.539. The Hall–Kier alpha value is -3.03. The van der Waals surface area contributed by atoms with Gasteiger partial charge in [-0.25, -0.2) is 4.79 Å². The normalized spacial score (nSPS) is 20.7. The number of rotatable bonds is 6. The molecule has 8 nitrogen and oxygen atoms in total. The van der Waals surface area contributed by atoms with E-state index in [0.717, 1.165) is 0 Å². The molecule has 10 heteroatoms. The van der Waals surface area contributed by atoms with Gasteiger partial charge in [0.25, 0.3) is 0 Å². The maximum atomic E-state index is 13.7. The largest absolute Gasteiger partial charge is 0.477 e. The predicted molar refractivity (Wildman–Crippen MR) is 101 cm³/mol. The minimum absolute atomic E-state index is 0.000148. The molecule has 0 radical (unpaired) electrons. The number of aliphatic hydroxyl groups is 1. The van der Waals surface area contributed by atoms with E-state index in [-0.39, 0.29) is 17.8 Å². The summed E-state index contributed by atoms with van der Waals surface area (Å²) in [6.45, 7) is 2.44. The lowest BCUT2D eigenvalue weighted by Crippen LogP contribution is -2.46. The van der Waals surface area contributed by atoms with Crippen molar-refractivity contribution in [2.75, 3.05) is 17.2 Å². The number of carboxylic acids is 1. The van der Waals surface area contributed by atoms with Crippen LogP contribution in [-0.4, -0.2) is 52.1 Å². The average Bonchev–Trinajstić information content (AvgIpc) is 2.69. The number of benzene rings is 1. The minimum Gasteiger partial charge on any atom is -0.477 e. The van der Waals surface area contributed by atoms with Crippen molar-refractivity contribution in [1.29, 1.82) is 5.26 Å². The van der Waals surface area contributed by atoms with Gasteiger partial charge in [-0.05, 0) is 38.0 Å². The van der Waals surface area contributed by atoms with E-state index in [0.29, 0.717) is 41.6 Å². The van der Waals surface area contributed by atoms with E-state index in [2.05, 4.69) is 15.6 Å². The molecule has 3 rings (SSSR count). The van der Waals surface area contributed by atoms with Crippen molar-refractivity contribution in [3.05, 3.63) is 30.0 Å². The Morgan fingerprint density at radius 1 is 1.48 bits per heavy atom. The van der Waals surface area contributed by atoms with Crippen LogP contribution in [0.5, 0.6) is 0 Å². The number of alkyl halides is 2. The molecular weight excluding hydrogens is 386 g/mol. The second kappa shape index (κ2) is 8.14. The van der Waals surface area contributed by atoms with Crippen molar-refractivity contribution < 1.29 is 28.5 Å². The molecular formula is C19H20F2N4O4. The Kier molecular flexibility index (Phi) is 5.81. The van der Waals surface area contributed by atoms with E-state index in [1.54, 1.807) is 18.2 Å². The van der Waals surface area contributed by atoms with Gasteiger partial charge in [-0.15, -0.1) is 0 Å². The first-order valence-corrected chi connectivity index (χ1v) is 8.99. The van der Waals surface area contributed by atoms with Crippen LogP contribution in [0.4, 0.5) is 20.2 Å². The third kappa shape index (κ3) is 4.36. The van der Waals surface area contributed by atoms with Crippen LogP contribution in [0, 0.1) is 11.3 Å². The van der Waals surface area contributed by atoms with E-state index in [4.69, 9.17) is 9.84 Å². The highest BCUT2D eigenvalue weighted by Gasteiger charge is 2.47. The first-order valence-electron chi connectivity index (χ1n) is 8.99. The molecule has 0 aliphatic carbocycles. The highest BCUT2D eigenvalue weighted by molar-refractivity contribution is 5.98. The molecule has 1 unspecified atom stereocenters. The van der Waals surface area contributed by atoms with Crippen LogP contribution in [-0.2, 0) is 9.53 Å². The van der Waals surface area contributed by atoms with Gasteiger partial charge in [0.2, 0.25) is 6.23 Å². The number of fused-ring (bicyclic) bond motifs is 1. The van der Waals surface area contributed by atoms with Gasteiger partial charge in [0, 0.05) is 18.0 Å². The van der Waals surface area contributed by atoms with Crippen LogP contribution in [0.15, 0.2) is 24.4 Å².